The molecule has 9 heteroatoms. The number of aromatic amines is 2. The maximum Gasteiger partial charge on any atom is 0.265 e. The van der Waals surface area contributed by atoms with Gasteiger partial charge in [-0.2, -0.15) is 10.2 Å². The lowest BCUT2D eigenvalue weighted by atomic mass is 10.2. The summed E-state index contributed by atoms with van der Waals surface area (Å²) in [5.41, 5.74) is 1.33. The molecule has 110 valence electrons. The highest BCUT2D eigenvalue weighted by molar-refractivity contribution is 9.10. The van der Waals surface area contributed by atoms with Crippen molar-refractivity contribution in [1.29, 1.82) is 0 Å². The Balaban J connectivity index is 1.71. The van der Waals surface area contributed by atoms with Gasteiger partial charge in [0.05, 0.1) is 27.3 Å². The van der Waals surface area contributed by atoms with E-state index in [0.717, 1.165) is 20.2 Å². The summed E-state index contributed by atoms with van der Waals surface area (Å²) in [7, 11) is 0. The standard InChI is InChI=1S/C13H7BrClN5OS/c14-11-5-3-9(22-13(5)20-19-11)12(21)17-8-2-1-7(15)6-4-16-18-10(6)8/h1-4H,(H,16,18)(H,17,21)(H,19,20). The van der Waals surface area contributed by atoms with Crippen LogP contribution in [0.5, 0.6) is 0 Å². The van der Waals surface area contributed by atoms with Gasteiger partial charge in [0.2, 0.25) is 0 Å². The highest BCUT2D eigenvalue weighted by atomic mass is 79.9. The Hall–Kier alpha value is -1.90. The largest absolute Gasteiger partial charge is 0.319 e. The zero-order valence-corrected chi connectivity index (χ0v) is 13.9. The summed E-state index contributed by atoms with van der Waals surface area (Å²) in [6, 6.07) is 5.27. The van der Waals surface area contributed by atoms with Gasteiger partial charge in [0.1, 0.15) is 9.43 Å². The monoisotopic (exact) mass is 395 g/mol. The fourth-order valence-corrected chi connectivity index (χ4v) is 3.80. The third-order valence-corrected chi connectivity index (χ3v) is 5.20. The molecule has 3 aromatic heterocycles. The summed E-state index contributed by atoms with van der Waals surface area (Å²) in [6.45, 7) is 0. The number of nitrogens with zero attached hydrogens (tertiary/aromatic N) is 2. The van der Waals surface area contributed by atoms with Crippen LogP contribution in [0.15, 0.2) is 29.0 Å². The fourth-order valence-electron chi connectivity index (χ4n) is 2.18. The first-order valence-corrected chi connectivity index (χ1v) is 8.18. The summed E-state index contributed by atoms with van der Waals surface area (Å²) in [6.07, 6.45) is 1.63. The number of halogens is 2. The number of aromatic nitrogens is 4. The molecule has 0 spiro atoms. The van der Waals surface area contributed by atoms with Gasteiger partial charge in [0.25, 0.3) is 5.91 Å². The summed E-state index contributed by atoms with van der Waals surface area (Å²) in [4.78, 5) is 13.8. The Morgan fingerprint density at radius 1 is 1.32 bits per heavy atom. The molecule has 0 fully saturated rings. The fraction of sp³-hybridized carbons (Fsp3) is 0. The second kappa shape index (κ2) is 5.08. The molecule has 4 aromatic rings. The molecule has 0 atom stereocenters. The highest BCUT2D eigenvalue weighted by Crippen LogP contribution is 2.31. The number of thiophene rings is 1. The summed E-state index contributed by atoms with van der Waals surface area (Å²) >= 11 is 10.8. The Kier molecular flexibility index (Phi) is 3.17. The van der Waals surface area contributed by atoms with Crippen molar-refractivity contribution in [3.05, 3.63) is 38.9 Å². The maximum atomic E-state index is 12.4. The second-order valence-electron chi connectivity index (χ2n) is 4.57. The van der Waals surface area contributed by atoms with E-state index in [1.54, 1.807) is 24.4 Å². The molecule has 0 saturated carbocycles. The topological polar surface area (TPSA) is 86.5 Å². The van der Waals surface area contributed by atoms with E-state index in [9.17, 15) is 4.79 Å². The zero-order chi connectivity index (χ0) is 15.3. The average Bonchev–Trinajstić information content (AvgIpc) is 3.19. The summed E-state index contributed by atoms with van der Waals surface area (Å²) in [5, 5.41) is 18.9. The van der Waals surface area contributed by atoms with Gasteiger partial charge in [-0.3, -0.25) is 15.0 Å². The minimum absolute atomic E-state index is 0.201. The Morgan fingerprint density at radius 2 is 2.18 bits per heavy atom. The normalized spacial score (nSPS) is 11.4. The van der Waals surface area contributed by atoms with Crippen molar-refractivity contribution in [2.24, 2.45) is 0 Å². The average molecular weight is 397 g/mol. The number of anilines is 1. The van der Waals surface area contributed by atoms with Crippen molar-refractivity contribution in [2.75, 3.05) is 5.32 Å². The molecule has 22 heavy (non-hydrogen) atoms. The van der Waals surface area contributed by atoms with Crippen LogP contribution in [0.25, 0.3) is 21.1 Å². The molecule has 0 unspecified atom stereocenters. The third kappa shape index (κ3) is 2.11. The number of fused-ring (bicyclic) bond motifs is 2. The van der Waals surface area contributed by atoms with Gasteiger partial charge >= 0.3 is 0 Å². The first kappa shape index (κ1) is 13.7. The van der Waals surface area contributed by atoms with Gasteiger partial charge in [0.15, 0.2) is 0 Å². The van der Waals surface area contributed by atoms with E-state index < -0.39 is 0 Å². The third-order valence-electron chi connectivity index (χ3n) is 3.24. The van der Waals surface area contributed by atoms with Crippen LogP contribution in [0.4, 0.5) is 5.69 Å². The van der Waals surface area contributed by atoms with Crippen molar-refractivity contribution in [2.45, 2.75) is 0 Å². The highest BCUT2D eigenvalue weighted by Gasteiger charge is 2.16. The van der Waals surface area contributed by atoms with Crippen LogP contribution >= 0.6 is 38.9 Å². The molecule has 4 rings (SSSR count). The van der Waals surface area contributed by atoms with Crippen molar-refractivity contribution in [3.8, 4) is 0 Å². The molecular formula is C13H7BrClN5OS. The Labute approximate surface area is 141 Å². The number of amides is 1. The van der Waals surface area contributed by atoms with Crippen LogP contribution in [0, 0.1) is 0 Å². The summed E-state index contributed by atoms with van der Waals surface area (Å²) < 4.78 is 0.764. The summed E-state index contributed by atoms with van der Waals surface area (Å²) in [5.74, 6) is -0.201. The number of rotatable bonds is 2. The lowest BCUT2D eigenvalue weighted by Gasteiger charge is -2.05. The molecule has 6 nitrogen and oxygen atoms in total. The van der Waals surface area contributed by atoms with E-state index in [0.29, 0.717) is 21.1 Å². The minimum atomic E-state index is -0.201. The number of benzene rings is 1. The lowest BCUT2D eigenvalue weighted by Crippen LogP contribution is -2.10. The van der Waals surface area contributed by atoms with Crippen LogP contribution in [0.1, 0.15) is 9.67 Å². The van der Waals surface area contributed by atoms with Crippen LogP contribution in [0.2, 0.25) is 5.02 Å². The number of carbonyl (C=O) groups excluding carboxylic acids is 1. The van der Waals surface area contributed by atoms with Crippen LogP contribution < -0.4 is 5.32 Å². The minimum Gasteiger partial charge on any atom is -0.319 e. The molecule has 0 aliphatic heterocycles. The first-order chi connectivity index (χ1) is 10.6. The van der Waals surface area contributed by atoms with E-state index >= 15 is 0 Å². The lowest BCUT2D eigenvalue weighted by molar-refractivity contribution is 0.103. The number of nitrogens with one attached hydrogen (secondary N) is 3. The molecular weight excluding hydrogens is 390 g/mol. The van der Waals surface area contributed by atoms with E-state index in [2.05, 4.69) is 41.6 Å². The number of H-pyrrole nitrogens is 2. The van der Waals surface area contributed by atoms with Crippen molar-refractivity contribution >= 4 is 71.6 Å². The number of hydrogen-bond acceptors (Lipinski definition) is 4. The number of hydrogen-bond donors (Lipinski definition) is 3. The van der Waals surface area contributed by atoms with Gasteiger partial charge in [-0.05, 0) is 34.1 Å². The van der Waals surface area contributed by atoms with Crippen LogP contribution in [0.3, 0.4) is 0 Å². The SMILES string of the molecule is O=C(Nc1ccc(Cl)c2cn[nH]c12)c1cc2c(Br)[nH]nc2s1. The molecule has 0 aliphatic carbocycles. The predicted octanol–water partition coefficient (Wildman–Crippen LogP) is 4.17. The van der Waals surface area contributed by atoms with Crippen molar-refractivity contribution in [3.63, 3.8) is 0 Å². The van der Waals surface area contributed by atoms with Gasteiger partial charge in [-0.25, -0.2) is 0 Å². The van der Waals surface area contributed by atoms with E-state index in [1.807, 2.05) is 0 Å². The van der Waals surface area contributed by atoms with Gasteiger partial charge in [0, 0.05) is 10.8 Å². The zero-order valence-electron chi connectivity index (χ0n) is 10.8. The molecule has 0 radical (unpaired) electrons. The van der Waals surface area contributed by atoms with E-state index in [4.69, 9.17) is 11.6 Å². The van der Waals surface area contributed by atoms with Crippen molar-refractivity contribution < 1.29 is 4.79 Å². The van der Waals surface area contributed by atoms with E-state index in [1.165, 1.54) is 11.3 Å². The second-order valence-corrected chi connectivity index (χ2v) is 6.81. The quantitative estimate of drug-likeness (QED) is 0.475. The molecule has 1 amide bonds. The molecule has 0 saturated heterocycles. The molecule has 0 aliphatic rings. The smallest absolute Gasteiger partial charge is 0.265 e. The van der Waals surface area contributed by atoms with E-state index in [-0.39, 0.29) is 5.91 Å². The Morgan fingerprint density at radius 3 is 3.00 bits per heavy atom. The molecule has 3 N–H and O–H groups in total. The Bertz CT molecular complexity index is 1020. The van der Waals surface area contributed by atoms with Gasteiger partial charge in [-0.1, -0.05) is 11.6 Å². The molecule has 1 aromatic carbocycles. The van der Waals surface area contributed by atoms with Gasteiger partial charge in [-0.15, -0.1) is 11.3 Å². The molecule has 0 bridgehead atoms. The molecule has 3 heterocycles. The number of carbonyl (C=O) groups is 1. The van der Waals surface area contributed by atoms with Crippen LogP contribution in [-0.2, 0) is 0 Å². The first-order valence-electron chi connectivity index (χ1n) is 6.20. The maximum absolute atomic E-state index is 12.4. The van der Waals surface area contributed by atoms with Gasteiger partial charge < -0.3 is 5.32 Å². The van der Waals surface area contributed by atoms with Crippen LogP contribution in [-0.4, -0.2) is 26.3 Å². The predicted molar refractivity (Wildman–Crippen MR) is 90.7 cm³/mol. The van der Waals surface area contributed by atoms with Crippen molar-refractivity contribution in [1.82, 2.24) is 20.4 Å².